The van der Waals surface area contributed by atoms with Gasteiger partial charge in [0.05, 0.1) is 0 Å². The van der Waals surface area contributed by atoms with Gasteiger partial charge in [-0.3, -0.25) is 4.79 Å². The Hall–Kier alpha value is -1.35. The molecule has 0 aliphatic carbocycles. The molecule has 0 spiro atoms. The zero-order valence-electron chi connectivity index (χ0n) is 12.5. The second kappa shape index (κ2) is 6.71. The highest BCUT2D eigenvalue weighted by atomic mass is 16.1. The van der Waals surface area contributed by atoms with Crippen LogP contribution in [0.15, 0.2) is 24.3 Å². The summed E-state index contributed by atoms with van der Waals surface area (Å²) in [5.41, 5.74) is 7.72. The Morgan fingerprint density at radius 2 is 1.95 bits per heavy atom. The number of carbonyl (C=O) groups excluding carboxylic acids is 1. The molecule has 0 saturated carbocycles. The number of nitrogens with two attached hydrogens (primary N) is 1. The molecule has 106 valence electrons. The maximum absolute atomic E-state index is 12.0. The van der Waals surface area contributed by atoms with Crippen LogP contribution in [-0.4, -0.2) is 5.91 Å². The standard InChI is InChI=1S/C16H26N2O/c1-12(10-16(2,3)4)9-15(19)18-14-8-6-5-7-13(14)11-17/h5-8,12H,9-11,17H2,1-4H3,(H,18,19). The molecular weight excluding hydrogens is 236 g/mol. The van der Waals surface area contributed by atoms with E-state index in [0.29, 0.717) is 18.9 Å². The normalized spacial score (nSPS) is 13.1. The molecule has 0 fully saturated rings. The second-order valence-corrected chi connectivity index (χ2v) is 6.48. The van der Waals surface area contributed by atoms with Gasteiger partial charge in [-0.2, -0.15) is 0 Å². The minimum atomic E-state index is 0.0673. The van der Waals surface area contributed by atoms with Crippen LogP contribution in [0.3, 0.4) is 0 Å². The largest absolute Gasteiger partial charge is 0.326 e. The Morgan fingerprint density at radius 3 is 2.53 bits per heavy atom. The van der Waals surface area contributed by atoms with Gasteiger partial charge in [-0.1, -0.05) is 45.9 Å². The number of hydrogen-bond donors (Lipinski definition) is 2. The third-order valence-electron chi connectivity index (χ3n) is 3.01. The lowest BCUT2D eigenvalue weighted by atomic mass is 9.84. The summed E-state index contributed by atoms with van der Waals surface area (Å²) in [6.07, 6.45) is 1.59. The molecule has 0 bridgehead atoms. The molecule has 1 unspecified atom stereocenters. The molecule has 3 nitrogen and oxygen atoms in total. The van der Waals surface area contributed by atoms with Crippen molar-refractivity contribution in [2.75, 3.05) is 5.32 Å². The summed E-state index contributed by atoms with van der Waals surface area (Å²) in [6, 6.07) is 7.68. The molecule has 1 atom stereocenters. The number of hydrogen-bond acceptors (Lipinski definition) is 2. The minimum absolute atomic E-state index is 0.0673. The molecule has 1 amide bonds. The van der Waals surface area contributed by atoms with E-state index >= 15 is 0 Å². The lowest BCUT2D eigenvalue weighted by molar-refractivity contribution is -0.117. The molecular formula is C16H26N2O. The zero-order valence-corrected chi connectivity index (χ0v) is 12.5. The Kier molecular flexibility index (Phi) is 5.55. The number of benzene rings is 1. The van der Waals surface area contributed by atoms with E-state index in [1.54, 1.807) is 0 Å². The van der Waals surface area contributed by atoms with Gasteiger partial charge < -0.3 is 11.1 Å². The quantitative estimate of drug-likeness (QED) is 0.852. The first kappa shape index (κ1) is 15.7. The van der Waals surface area contributed by atoms with Crippen molar-refractivity contribution in [2.24, 2.45) is 17.1 Å². The van der Waals surface area contributed by atoms with E-state index in [-0.39, 0.29) is 11.3 Å². The molecule has 0 radical (unpaired) electrons. The first-order valence-electron chi connectivity index (χ1n) is 6.89. The van der Waals surface area contributed by atoms with Crippen molar-refractivity contribution in [2.45, 2.75) is 47.1 Å². The van der Waals surface area contributed by atoms with E-state index in [1.165, 1.54) is 0 Å². The summed E-state index contributed by atoms with van der Waals surface area (Å²) in [6.45, 7) is 9.16. The number of rotatable bonds is 5. The molecule has 1 aromatic rings. The topological polar surface area (TPSA) is 55.1 Å². The van der Waals surface area contributed by atoms with Crippen molar-refractivity contribution in [3.63, 3.8) is 0 Å². The van der Waals surface area contributed by atoms with Crippen LogP contribution in [0.4, 0.5) is 5.69 Å². The van der Waals surface area contributed by atoms with Crippen LogP contribution < -0.4 is 11.1 Å². The molecule has 0 aliphatic rings. The summed E-state index contributed by atoms with van der Waals surface area (Å²) in [5, 5.41) is 2.96. The fraction of sp³-hybridized carbons (Fsp3) is 0.562. The van der Waals surface area contributed by atoms with Crippen LogP contribution in [0.1, 0.15) is 46.1 Å². The van der Waals surface area contributed by atoms with Gasteiger partial charge in [-0.25, -0.2) is 0 Å². The Bertz CT molecular complexity index is 421. The van der Waals surface area contributed by atoms with Gasteiger partial charge in [-0.05, 0) is 29.4 Å². The number of nitrogens with one attached hydrogen (secondary N) is 1. The van der Waals surface area contributed by atoms with Gasteiger partial charge in [0.25, 0.3) is 0 Å². The third kappa shape index (κ3) is 5.88. The Balaban J connectivity index is 2.56. The number of anilines is 1. The maximum Gasteiger partial charge on any atom is 0.224 e. The van der Waals surface area contributed by atoms with Crippen LogP contribution >= 0.6 is 0 Å². The molecule has 1 aromatic carbocycles. The lowest BCUT2D eigenvalue weighted by Gasteiger charge is -2.23. The van der Waals surface area contributed by atoms with E-state index in [4.69, 9.17) is 5.73 Å². The first-order valence-corrected chi connectivity index (χ1v) is 6.89. The van der Waals surface area contributed by atoms with Crippen LogP contribution in [0.2, 0.25) is 0 Å². The lowest BCUT2D eigenvalue weighted by Crippen LogP contribution is -2.19. The smallest absolute Gasteiger partial charge is 0.224 e. The number of amides is 1. The third-order valence-corrected chi connectivity index (χ3v) is 3.01. The van der Waals surface area contributed by atoms with Crippen molar-refractivity contribution < 1.29 is 4.79 Å². The van der Waals surface area contributed by atoms with Gasteiger partial charge in [0.2, 0.25) is 5.91 Å². The minimum Gasteiger partial charge on any atom is -0.326 e. The predicted molar refractivity (Wildman–Crippen MR) is 80.8 cm³/mol. The van der Waals surface area contributed by atoms with Gasteiger partial charge in [0.15, 0.2) is 0 Å². The van der Waals surface area contributed by atoms with E-state index in [2.05, 4.69) is 33.0 Å². The highest BCUT2D eigenvalue weighted by Crippen LogP contribution is 2.26. The fourth-order valence-electron chi connectivity index (χ4n) is 2.46. The first-order chi connectivity index (χ1) is 8.81. The molecule has 1 rings (SSSR count). The van der Waals surface area contributed by atoms with Crippen LogP contribution in [0.25, 0.3) is 0 Å². The summed E-state index contributed by atoms with van der Waals surface area (Å²) < 4.78 is 0. The van der Waals surface area contributed by atoms with Crippen molar-refractivity contribution in [3.05, 3.63) is 29.8 Å². The molecule has 0 saturated heterocycles. The van der Waals surface area contributed by atoms with Crippen LogP contribution in [0, 0.1) is 11.3 Å². The second-order valence-electron chi connectivity index (χ2n) is 6.48. The number of para-hydroxylation sites is 1. The molecule has 0 heterocycles. The van der Waals surface area contributed by atoms with E-state index in [0.717, 1.165) is 17.7 Å². The summed E-state index contributed by atoms with van der Waals surface area (Å²) in [5.74, 6) is 0.447. The van der Waals surface area contributed by atoms with Crippen molar-refractivity contribution in [1.82, 2.24) is 0 Å². The monoisotopic (exact) mass is 262 g/mol. The molecule has 3 heteroatoms. The average Bonchev–Trinajstić information content (AvgIpc) is 2.26. The molecule has 0 aromatic heterocycles. The van der Waals surface area contributed by atoms with Crippen molar-refractivity contribution >= 4 is 11.6 Å². The Labute approximate surface area is 116 Å². The Morgan fingerprint density at radius 1 is 1.32 bits per heavy atom. The van der Waals surface area contributed by atoms with Gasteiger partial charge in [0, 0.05) is 18.7 Å². The van der Waals surface area contributed by atoms with Crippen LogP contribution in [-0.2, 0) is 11.3 Å². The van der Waals surface area contributed by atoms with Gasteiger partial charge >= 0.3 is 0 Å². The molecule has 0 aliphatic heterocycles. The average molecular weight is 262 g/mol. The number of carbonyl (C=O) groups is 1. The van der Waals surface area contributed by atoms with Gasteiger partial charge in [-0.15, -0.1) is 0 Å². The van der Waals surface area contributed by atoms with Crippen molar-refractivity contribution in [3.8, 4) is 0 Å². The predicted octanol–water partition coefficient (Wildman–Crippen LogP) is 3.55. The SMILES string of the molecule is CC(CC(=O)Nc1ccccc1CN)CC(C)(C)C. The highest BCUT2D eigenvalue weighted by molar-refractivity contribution is 5.91. The summed E-state index contributed by atoms with van der Waals surface area (Å²) in [4.78, 5) is 12.0. The maximum atomic E-state index is 12.0. The van der Waals surface area contributed by atoms with Crippen molar-refractivity contribution in [1.29, 1.82) is 0 Å². The summed E-state index contributed by atoms with van der Waals surface area (Å²) in [7, 11) is 0. The summed E-state index contributed by atoms with van der Waals surface area (Å²) >= 11 is 0. The van der Waals surface area contributed by atoms with E-state index < -0.39 is 0 Å². The molecule has 19 heavy (non-hydrogen) atoms. The van der Waals surface area contributed by atoms with E-state index in [1.807, 2.05) is 24.3 Å². The highest BCUT2D eigenvalue weighted by Gasteiger charge is 2.18. The van der Waals surface area contributed by atoms with Gasteiger partial charge in [0.1, 0.15) is 0 Å². The fourth-order valence-corrected chi connectivity index (χ4v) is 2.46. The molecule has 3 N–H and O–H groups in total. The van der Waals surface area contributed by atoms with Crippen LogP contribution in [0.5, 0.6) is 0 Å². The zero-order chi connectivity index (χ0) is 14.5. The van der Waals surface area contributed by atoms with E-state index in [9.17, 15) is 4.79 Å².